The molecule has 0 radical (unpaired) electrons. The molecule has 0 aliphatic heterocycles. The predicted octanol–water partition coefficient (Wildman–Crippen LogP) is -2.52. The molecule has 156 valence electrons. The first kappa shape index (κ1) is 24.9. The maximum absolute atomic E-state index is 12.3. The van der Waals surface area contributed by atoms with Gasteiger partial charge in [-0.2, -0.15) is 12.6 Å². The molecule has 0 saturated carbocycles. The number of carboxylic acid groups (broad SMARTS) is 1. The lowest BCUT2D eigenvalue weighted by Crippen LogP contribution is -2.55. The summed E-state index contributed by atoms with van der Waals surface area (Å²) in [6.45, 7) is 0.777. The first-order valence-electron chi connectivity index (χ1n) is 8.68. The van der Waals surface area contributed by atoms with Crippen LogP contribution in [0.3, 0.4) is 0 Å². The quantitative estimate of drug-likeness (QED) is 0.0666. The number of unbranched alkanes of at least 4 members (excludes halogenated alkanes) is 1. The Balaban J connectivity index is 4.57. The van der Waals surface area contributed by atoms with Gasteiger partial charge in [0.2, 0.25) is 11.8 Å². The number of guanidine groups is 1. The Kier molecular flexibility index (Phi) is 13.0. The summed E-state index contributed by atoms with van der Waals surface area (Å²) in [6.07, 6.45) is 2.27. The molecule has 0 fully saturated rings. The van der Waals surface area contributed by atoms with Crippen molar-refractivity contribution in [2.24, 2.45) is 27.9 Å². The SMILES string of the molecule is NCCCC[C@H](NC(=O)[C@H](CS)NC(=O)[C@@H](N)CCCN=C(N)N)C(=O)O. The van der Waals surface area contributed by atoms with Gasteiger partial charge in [-0.1, -0.05) is 0 Å². The average Bonchev–Trinajstić information content (AvgIpc) is 2.61. The van der Waals surface area contributed by atoms with Gasteiger partial charge in [-0.3, -0.25) is 14.6 Å². The number of carbonyl (C=O) groups excluding carboxylic acids is 2. The molecule has 0 aliphatic carbocycles. The van der Waals surface area contributed by atoms with Crippen molar-refractivity contribution >= 4 is 36.4 Å². The molecule has 0 aromatic rings. The second kappa shape index (κ2) is 14.1. The monoisotopic (exact) mass is 405 g/mol. The molecular weight excluding hydrogens is 374 g/mol. The molecule has 0 heterocycles. The van der Waals surface area contributed by atoms with Crippen molar-refractivity contribution in [3.8, 4) is 0 Å². The van der Waals surface area contributed by atoms with Crippen molar-refractivity contribution < 1.29 is 19.5 Å². The molecule has 11 nitrogen and oxygen atoms in total. The molecule has 27 heavy (non-hydrogen) atoms. The lowest BCUT2D eigenvalue weighted by atomic mass is 10.1. The van der Waals surface area contributed by atoms with E-state index in [0.717, 1.165) is 0 Å². The van der Waals surface area contributed by atoms with Crippen LogP contribution in [0.5, 0.6) is 0 Å². The van der Waals surface area contributed by atoms with Crippen molar-refractivity contribution in [1.29, 1.82) is 0 Å². The lowest BCUT2D eigenvalue weighted by molar-refractivity contribution is -0.142. The third-order valence-electron chi connectivity index (χ3n) is 3.68. The zero-order valence-electron chi connectivity index (χ0n) is 15.3. The van der Waals surface area contributed by atoms with Crippen LogP contribution in [0.15, 0.2) is 4.99 Å². The minimum Gasteiger partial charge on any atom is -0.480 e. The molecule has 11 N–H and O–H groups in total. The minimum atomic E-state index is -1.15. The number of carbonyl (C=O) groups is 3. The van der Waals surface area contributed by atoms with Crippen molar-refractivity contribution in [3.05, 3.63) is 0 Å². The third kappa shape index (κ3) is 11.3. The van der Waals surface area contributed by atoms with Crippen LogP contribution >= 0.6 is 12.6 Å². The Morgan fingerprint density at radius 3 is 2.15 bits per heavy atom. The second-order valence-corrected chi connectivity index (χ2v) is 6.35. The van der Waals surface area contributed by atoms with Crippen molar-refractivity contribution in [1.82, 2.24) is 10.6 Å². The summed E-state index contributed by atoms with van der Waals surface area (Å²) in [6, 6.07) is -2.91. The number of nitrogens with zero attached hydrogens (tertiary/aromatic N) is 1. The highest BCUT2D eigenvalue weighted by Gasteiger charge is 2.26. The van der Waals surface area contributed by atoms with E-state index in [-0.39, 0.29) is 18.1 Å². The average molecular weight is 406 g/mol. The van der Waals surface area contributed by atoms with Gasteiger partial charge in [0.15, 0.2) is 5.96 Å². The summed E-state index contributed by atoms with van der Waals surface area (Å²) in [4.78, 5) is 39.4. The summed E-state index contributed by atoms with van der Waals surface area (Å²) in [5, 5.41) is 14.1. The largest absolute Gasteiger partial charge is 0.480 e. The Bertz CT molecular complexity index is 514. The van der Waals surface area contributed by atoms with Crippen molar-refractivity contribution in [2.75, 3.05) is 18.8 Å². The molecule has 3 atom stereocenters. The molecule has 0 unspecified atom stereocenters. The first-order valence-corrected chi connectivity index (χ1v) is 9.31. The van der Waals surface area contributed by atoms with Crippen LogP contribution in [0.25, 0.3) is 0 Å². The van der Waals surface area contributed by atoms with E-state index < -0.39 is 35.9 Å². The fourth-order valence-electron chi connectivity index (χ4n) is 2.15. The highest BCUT2D eigenvalue weighted by atomic mass is 32.1. The number of nitrogens with one attached hydrogen (secondary N) is 2. The molecule has 0 saturated heterocycles. The van der Waals surface area contributed by atoms with E-state index in [1.165, 1.54) is 0 Å². The first-order chi connectivity index (χ1) is 12.7. The van der Waals surface area contributed by atoms with E-state index in [1.807, 2.05) is 0 Å². The van der Waals surface area contributed by atoms with Gasteiger partial charge < -0.3 is 38.7 Å². The van der Waals surface area contributed by atoms with Gasteiger partial charge >= 0.3 is 5.97 Å². The van der Waals surface area contributed by atoms with Crippen molar-refractivity contribution in [2.45, 2.75) is 50.2 Å². The highest BCUT2D eigenvalue weighted by Crippen LogP contribution is 2.03. The van der Waals surface area contributed by atoms with Crippen molar-refractivity contribution in [3.63, 3.8) is 0 Å². The zero-order valence-corrected chi connectivity index (χ0v) is 16.2. The number of rotatable bonds is 14. The number of hydrogen-bond donors (Lipinski definition) is 8. The Labute approximate surface area is 164 Å². The second-order valence-electron chi connectivity index (χ2n) is 5.98. The van der Waals surface area contributed by atoms with E-state index in [9.17, 15) is 19.5 Å². The topological polar surface area (TPSA) is 212 Å². The van der Waals surface area contributed by atoms with E-state index in [1.54, 1.807) is 0 Å². The molecule has 0 bridgehead atoms. The molecular formula is C15H31N7O4S. The van der Waals surface area contributed by atoms with E-state index in [4.69, 9.17) is 22.9 Å². The van der Waals surface area contributed by atoms with Gasteiger partial charge in [-0.15, -0.1) is 0 Å². The van der Waals surface area contributed by atoms with Crippen LogP contribution in [0.2, 0.25) is 0 Å². The molecule has 0 aromatic heterocycles. The maximum Gasteiger partial charge on any atom is 0.326 e. The van der Waals surface area contributed by atoms with Gasteiger partial charge in [0.05, 0.1) is 6.04 Å². The lowest BCUT2D eigenvalue weighted by Gasteiger charge is -2.21. The summed E-state index contributed by atoms with van der Waals surface area (Å²) < 4.78 is 0. The fraction of sp³-hybridized carbons (Fsp3) is 0.733. The molecule has 12 heteroatoms. The van der Waals surface area contributed by atoms with E-state index in [0.29, 0.717) is 38.8 Å². The zero-order chi connectivity index (χ0) is 20.8. The Hall–Kier alpha value is -2.05. The molecule has 0 rings (SSSR count). The number of aliphatic carboxylic acids is 1. The van der Waals surface area contributed by atoms with Crippen LogP contribution < -0.4 is 33.6 Å². The highest BCUT2D eigenvalue weighted by molar-refractivity contribution is 7.80. The van der Waals surface area contributed by atoms with Crippen LogP contribution in [0.1, 0.15) is 32.1 Å². The Morgan fingerprint density at radius 2 is 1.63 bits per heavy atom. The number of carboxylic acids is 1. The van der Waals surface area contributed by atoms with Crippen LogP contribution in [-0.2, 0) is 14.4 Å². The number of hydrogen-bond acceptors (Lipinski definition) is 7. The number of amides is 2. The summed E-state index contributed by atoms with van der Waals surface area (Å²) in [5.41, 5.74) is 21.6. The summed E-state index contributed by atoms with van der Waals surface area (Å²) >= 11 is 4.04. The Morgan fingerprint density at radius 1 is 1.00 bits per heavy atom. The molecule has 0 aromatic carbocycles. The van der Waals surface area contributed by atoms with Crippen LogP contribution in [0, 0.1) is 0 Å². The van der Waals surface area contributed by atoms with E-state index >= 15 is 0 Å². The minimum absolute atomic E-state index is 0.00652. The fourth-order valence-corrected chi connectivity index (χ4v) is 2.40. The smallest absolute Gasteiger partial charge is 0.326 e. The summed E-state index contributed by atoms with van der Waals surface area (Å²) in [7, 11) is 0. The third-order valence-corrected chi connectivity index (χ3v) is 4.05. The summed E-state index contributed by atoms with van der Waals surface area (Å²) in [5.74, 6) is -2.37. The molecule has 2 amide bonds. The normalized spacial score (nSPS) is 13.9. The molecule has 0 spiro atoms. The number of aliphatic imine (C=N–C) groups is 1. The van der Waals surface area contributed by atoms with Gasteiger partial charge in [0.1, 0.15) is 12.1 Å². The predicted molar refractivity (Wildman–Crippen MR) is 106 cm³/mol. The number of thiol groups is 1. The van der Waals surface area contributed by atoms with Gasteiger partial charge in [-0.25, -0.2) is 4.79 Å². The van der Waals surface area contributed by atoms with Gasteiger partial charge in [-0.05, 0) is 38.6 Å². The van der Waals surface area contributed by atoms with Gasteiger partial charge in [0.25, 0.3) is 0 Å². The van der Waals surface area contributed by atoms with Crippen LogP contribution in [-0.4, -0.2) is 65.8 Å². The standard InChI is InChI=1S/C15H31N7O4S/c16-6-2-1-5-10(14(25)26)21-13(24)11(8-27)22-12(23)9(17)4-3-7-20-15(18)19/h9-11,27H,1-8,16-17H2,(H,21,24)(H,22,23)(H,25,26)(H4,18,19,20)/t9-,10-,11-/m0/s1. The number of nitrogens with two attached hydrogens (primary N) is 4. The maximum atomic E-state index is 12.3. The van der Waals surface area contributed by atoms with E-state index in [2.05, 4.69) is 28.3 Å². The van der Waals surface area contributed by atoms with Gasteiger partial charge in [0, 0.05) is 12.3 Å². The molecule has 0 aliphatic rings. The van der Waals surface area contributed by atoms with Crippen LogP contribution in [0.4, 0.5) is 0 Å².